The minimum absolute atomic E-state index is 0.153. The van der Waals surface area contributed by atoms with Gasteiger partial charge in [-0.25, -0.2) is 8.42 Å². The molecule has 0 radical (unpaired) electrons. The number of benzene rings is 2. The number of carbonyl (C=O) groups excluding carboxylic acids is 1. The van der Waals surface area contributed by atoms with Crippen LogP contribution in [0.4, 0.5) is 5.69 Å². The van der Waals surface area contributed by atoms with E-state index in [9.17, 15) is 13.2 Å². The van der Waals surface area contributed by atoms with Crippen LogP contribution >= 0.6 is 0 Å². The lowest BCUT2D eigenvalue weighted by molar-refractivity contribution is -0.118. The Morgan fingerprint density at radius 1 is 1.04 bits per heavy atom. The van der Waals surface area contributed by atoms with Gasteiger partial charge < -0.3 is 10.1 Å². The monoisotopic (exact) mass is 404 g/mol. The van der Waals surface area contributed by atoms with E-state index < -0.39 is 10.0 Å². The highest BCUT2D eigenvalue weighted by Crippen LogP contribution is 2.26. The number of amides is 1. The fourth-order valence-electron chi connectivity index (χ4n) is 2.93. The maximum atomic E-state index is 12.6. The zero-order chi connectivity index (χ0) is 20.9. The molecule has 0 unspecified atom stereocenters. The van der Waals surface area contributed by atoms with Crippen molar-refractivity contribution in [2.75, 3.05) is 25.0 Å². The fourth-order valence-corrected chi connectivity index (χ4v) is 4.43. The number of rotatable bonds is 8. The molecule has 0 bridgehead atoms. The van der Waals surface area contributed by atoms with E-state index in [0.29, 0.717) is 24.5 Å². The van der Waals surface area contributed by atoms with Crippen molar-refractivity contribution in [3.63, 3.8) is 0 Å². The predicted octanol–water partition coefficient (Wildman–Crippen LogP) is 3.66. The molecule has 0 aliphatic rings. The van der Waals surface area contributed by atoms with Gasteiger partial charge in [0.25, 0.3) is 5.91 Å². The third-order valence-electron chi connectivity index (χ3n) is 4.68. The molecule has 1 amide bonds. The van der Waals surface area contributed by atoms with Crippen LogP contribution in [0.1, 0.15) is 30.5 Å². The quantitative estimate of drug-likeness (QED) is 0.728. The summed E-state index contributed by atoms with van der Waals surface area (Å²) in [5.74, 6) is 0.353. The second kappa shape index (κ2) is 9.21. The van der Waals surface area contributed by atoms with Gasteiger partial charge in [-0.3, -0.25) is 4.79 Å². The van der Waals surface area contributed by atoms with E-state index in [2.05, 4.69) is 5.32 Å². The number of aryl methyl sites for hydroxylation is 2. The van der Waals surface area contributed by atoms with Gasteiger partial charge in [0.1, 0.15) is 5.75 Å². The van der Waals surface area contributed by atoms with E-state index in [1.54, 1.807) is 26.0 Å². The topological polar surface area (TPSA) is 75.7 Å². The van der Waals surface area contributed by atoms with Crippen molar-refractivity contribution in [1.82, 2.24) is 4.31 Å². The molecule has 6 nitrogen and oxygen atoms in total. The Morgan fingerprint density at radius 3 is 2.32 bits per heavy atom. The third kappa shape index (κ3) is 4.91. The van der Waals surface area contributed by atoms with Crippen molar-refractivity contribution in [3.8, 4) is 5.75 Å². The van der Waals surface area contributed by atoms with Crippen LogP contribution < -0.4 is 10.1 Å². The molecular weight excluding hydrogens is 376 g/mol. The van der Waals surface area contributed by atoms with Crippen molar-refractivity contribution in [1.29, 1.82) is 0 Å². The first kappa shape index (κ1) is 21.9. The largest absolute Gasteiger partial charge is 0.483 e. The van der Waals surface area contributed by atoms with E-state index in [4.69, 9.17) is 4.74 Å². The summed E-state index contributed by atoms with van der Waals surface area (Å²) in [6, 6.07) is 10.2. The number of nitrogens with zero attached hydrogens (tertiary/aromatic N) is 1. The van der Waals surface area contributed by atoms with Crippen LogP contribution in [0, 0.1) is 20.8 Å². The number of nitrogens with one attached hydrogen (secondary N) is 1. The molecule has 0 saturated heterocycles. The molecule has 0 aliphatic heterocycles. The zero-order valence-electron chi connectivity index (χ0n) is 17.1. The summed E-state index contributed by atoms with van der Waals surface area (Å²) in [6.07, 6.45) is 0. The molecule has 0 fully saturated rings. The molecule has 152 valence electrons. The van der Waals surface area contributed by atoms with Crippen LogP contribution in [-0.4, -0.2) is 38.3 Å². The van der Waals surface area contributed by atoms with E-state index in [-0.39, 0.29) is 17.4 Å². The Labute approximate surface area is 167 Å². The first-order chi connectivity index (χ1) is 13.2. The van der Waals surface area contributed by atoms with Crippen molar-refractivity contribution in [2.24, 2.45) is 0 Å². The predicted molar refractivity (Wildman–Crippen MR) is 111 cm³/mol. The summed E-state index contributed by atoms with van der Waals surface area (Å²) in [5.41, 5.74) is 3.47. The Kier molecular flexibility index (Phi) is 7.21. The molecule has 2 aromatic rings. The van der Waals surface area contributed by atoms with Gasteiger partial charge in [0, 0.05) is 18.8 Å². The molecular formula is C21H28N2O4S. The average Bonchev–Trinajstić information content (AvgIpc) is 2.66. The SMILES string of the molecule is CCN(CC)S(=O)(=O)c1cccc(NC(=O)COc2c(C)ccc(C)c2C)c1. The van der Waals surface area contributed by atoms with Crippen LogP contribution in [0.25, 0.3) is 0 Å². The molecule has 2 aromatic carbocycles. The summed E-state index contributed by atoms with van der Waals surface area (Å²) in [5, 5.41) is 2.71. The first-order valence-corrected chi connectivity index (χ1v) is 10.7. The van der Waals surface area contributed by atoms with Gasteiger partial charge in [-0.05, 0) is 55.7 Å². The molecule has 7 heteroatoms. The van der Waals surface area contributed by atoms with E-state index in [1.165, 1.54) is 16.4 Å². The highest BCUT2D eigenvalue weighted by atomic mass is 32.2. The van der Waals surface area contributed by atoms with Crippen LogP contribution in [0.5, 0.6) is 5.75 Å². The van der Waals surface area contributed by atoms with Gasteiger partial charge in [0.2, 0.25) is 10.0 Å². The average molecular weight is 405 g/mol. The minimum atomic E-state index is -3.58. The molecule has 0 atom stereocenters. The van der Waals surface area contributed by atoms with Gasteiger partial charge in [0.05, 0.1) is 4.90 Å². The minimum Gasteiger partial charge on any atom is -0.483 e. The van der Waals surface area contributed by atoms with Gasteiger partial charge in [-0.1, -0.05) is 32.0 Å². The third-order valence-corrected chi connectivity index (χ3v) is 6.73. The highest BCUT2D eigenvalue weighted by Gasteiger charge is 2.22. The molecule has 0 saturated carbocycles. The van der Waals surface area contributed by atoms with Crippen molar-refractivity contribution < 1.29 is 17.9 Å². The molecule has 2 rings (SSSR count). The Morgan fingerprint density at radius 2 is 1.68 bits per heavy atom. The molecule has 0 aromatic heterocycles. The van der Waals surface area contributed by atoms with Crippen molar-refractivity contribution >= 4 is 21.6 Å². The molecule has 28 heavy (non-hydrogen) atoms. The lowest BCUT2D eigenvalue weighted by Gasteiger charge is -2.19. The van der Waals surface area contributed by atoms with E-state index in [1.807, 2.05) is 32.9 Å². The van der Waals surface area contributed by atoms with Gasteiger partial charge in [-0.2, -0.15) is 4.31 Å². The van der Waals surface area contributed by atoms with Crippen LogP contribution in [-0.2, 0) is 14.8 Å². The fraction of sp³-hybridized carbons (Fsp3) is 0.381. The van der Waals surface area contributed by atoms with Crippen LogP contribution in [0.2, 0.25) is 0 Å². The Hall–Kier alpha value is -2.38. The number of hydrogen-bond donors (Lipinski definition) is 1. The number of carbonyl (C=O) groups is 1. The normalized spacial score (nSPS) is 11.5. The van der Waals surface area contributed by atoms with Gasteiger partial charge in [-0.15, -0.1) is 0 Å². The Bertz CT molecular complexity index is 951. The Balaban J connectivity index is 2.11. The van der Waals surface area contributed by atoms with E-state index in [0.717, 1.165) is 16.7 Å². The van der Waals surface area contributed by atoms with Gasteiger partial charge in [0.15, 0.2) is 6.61 Å². The standard InChI is InChI=1S/C21H28N2O4S/c1-6-23(7-2)28(25,26)19-10-8-9-18(13-19)22-20(24)14-27-21-16(4)12-11-15(3)17(21)5/h8-13H,6-7,14H2,1-5H3,(H,22,24). The maximum absolute atomic E-state index is 12.6. The second-order valence-electron chi connectivity index (χ2n) is 6.61. The second-order valence-corrected chi connectivity index (χ2v) is 8.55. The lowest BCUT2D eigenvalue weighted by atomic mass is 10.1. The highest BCUT2D eigenvalue weighted by molar-refractivity contribution is 7.89. The molecule has 0 aliphatic carbocycles. The van der Waals surface area contributed by atoms with Crippen molar-refractivity contribution in [3.05, 3.63) is 53.1 Å². The first-order valence-electron chi connectivity index (χ1n) is 9.30. The lowest BCUT2D eigenvalue weighted by Crippen LogP contribution is -2.30. The molecule has 0 heterocycles. The molecule has 1 N–H and O–H groups in total. The number of ether oxygens (including phenoxy) is 1. The summed E-state index contributed by atoms with van der Waals surface area (Å²) >= 11 is 0. The summed E-state index contributed by atoms with van der Waals surface area (Å²) in [6.45, 7) is 10.1. The molecule has 0 spiro atoms. The number of sulfonamides is 1. The number of hydrogen-bond acceptors (Lipinski definition) is 4. The summed E-state index contributed by atoms with van der Waals surface area (Å²) in [7, 11) is -3.58. The zero-order valence-corrected chi connectivity index (χ0v) is 17.9. The van der Waals surface area contributed by atoms with Crippen LogP contribution in [0.15, 0.2) is 41.3 Å². The summed E-state index contributed by atoms with van der Waals surface area (Å²) < 4.78 is 32.4. The number of anilines is 1. The summed E-state index contributed by atoms with van der Waals surface area (Å²) in [4.78, 5) is 12.5. The van der Waals surface area contributed by atoms with Crippen LogP contribution in [0.3, 0.4) is 0 Å². The van der Waals surface area contributed by atoms with Crippen molar-refractivity contribution in [2.45, 2.75) is 39.5 Å². The van der Waals surface area contributed by atoms with Gasteiger partial charge >= 0.3 is 0 Å². The van der Waals surface area contributed by atoms with E-state index >= 15 is 0 Å². The maximum Gasteiger partial charge on any atom is 0.262 e. The smallest absolute Gasteiger partial charge is 0.262 e.